The first-order chi connectivity index (χ1) is 15.9. The van der Waals surface area contributed by atoms with E-state index in [1.54, 1.807) is 0 Å². The number of phenolic OH excluding ortho intramolecular Hbond substituents is 1. The summed E-state index contributed by atoms with van der Waals surface area (Å²) in [5.74, 6) is -6.46. The Bertz CT molecular complexity index is 920. The predicted octanol–water partition coefficient (Wildman–Crippen LogP) is -2.83. The van der Waals surface area contributed by atoms with Crippen LogP contribution in [0.25, 0.3) is 0 Å². The Balaban J connectivity index is 3.13. The second-order valence-corrected chi connectivity index (χ2v) is 7.26. The lowest BCUT2D eigenvalue weighted by Crippen LogP contribution is -2.57. The smallest absolute Gasteiger partial charge is 0.326 e. The number of phenols is 1. The summed E-state index contributed by atoms with van der Waals surface area (Å²) in [5, 5.41) is 34.5. The molecule has 14 heteroatoms. The summed E-state index contributed by atoms with van der Waals surface area (Å²) in [6.07, 6.45) is -1.60. The summed E-state index contributed by atoms with van der Waals surface area (Å²) in [6.45, 7) is -0.513. The van der Waals surface area contributed by atoms with E-state index in [2.05, 4.69) is 16.0 Å². The predicted molar refractivity (Wildman–Crippen MR) is 115 cm³/mol. The van der Waals surface area contributed by atoms with Crippen molar-refractivity contribution in [3.63, 3.8) is 0 Å². The van der Waals surface area contributed by atoms with Crippen molar-refractivity contribution in [2.24, 2.45) is 11.5 Å². The van der Waals surface area contributed by atoms with E-state index in [-0.39, 0.29) is 25.0 Å². The lowest BCUT2D eigenvalue weighted by Gasteiger charge is -2.24. The molecular weight excluding hydrogens is 454 g/mol. The number of nitrogens with two attached hydrogens (primary N) is 2. The zero-order chi connectivity index (χ0) is 25.8. The van der Waals surface area contributed by atoms with Gasteiger partial charge in [0.25, 0.3) is 0 Å². The van der Waals surface area contributed by atoms with E-state index in [4.69, 9.17) is 16.6 Å². The minimum Gasteiger partial charge on any atom is -0.508 e. The molecule has 1 rings (SSSR count). The minimum absolute atomic E-state index is 0.0581. The quantitative estimate of drug-likeness (QED) is 0.135. The van der Waals surface area contributed by atoms with Crippen LogP contribution in [0.3, 0.4) is 0 Å². The Morgan fingerprint density at radius 1 is 0.853 bits per heavy atom. The molecule has 4 amide bonds. The van der Waals surface area contributed by atoms with E-state index in [1.807, 2.05) is 0 Å². The number of carboxylic acid groups (broad SMARTS) is 2. The molecule has 0 heterocycles. The van der Waals surface area contributed by atoms with Crippen LogP contribution in [0, 0.1) is 0 Å². The monoisotopic (exact) mass is 481 g/mol. The van der Waals surface area contributed by atoms with E-state index in [0.717, 1.165) is 0 Å². The largest absolute Gasteiger partial charge is 0.508 e. The molecule has 0 bridgehead atoms. The molecule has 3 atom stereocenters. The molecular formula is C20H27N5O9. The van der Waals surface area contributed by atoms with Crippen molar-refractivity contribution in [1.82, 2.24) is 16.0 Å². The van der Waals surface area contributed by atoms with Crippen LogP contribution in [0.1, 0.15) is 24.8 Å². The molecule has 0 spiro atoms. The molecule has 1 aromatic rings. The Hall–Kier alpha value is -4.20. The molecule has 0 saturated carbocycles. The number of hydrogen-bond acceptors (Lipinski definition) is 8. The minimum atomic E-state index is -1.56. The van der Waals surface area contributed by atoms with Crippen molar-refractivity contribution < 1.29 is 44.1 Å². The fourth-order valence-electron chi connectivity index (χ4n) is 2.80. The average molecular weight is 481 g/mol. The third-order valence-electron chi connectivity index (χ3n) is 4.52. The maximum Gasteiger partial charge on any atom is 0.326 e. The number of benzene rings is 1. The van der Waals surface area contributed by atoms with Crippen LogP contribution >= 0.6 is 0 Å². The number of carbonyl (C=O) groups is 6. The topological polar surface area (TPSA) is 251 Å². The van der Waals surface area contributed by atoms with Gasteiger partial charge in [-0.15, -0.1) is 0 Å². The normalized spacial score (nSPS) is 13.1. The molecule has 0 radical (unpaired) electrons. The van der Waals surface area contributed by atoms with Gasteiger partial charge in [0, 0.05) is 12.8 Å². The van der Waals surface area contributed by atoms with Crippen LogP contribution < -0.4 is 27.4 Å². The standard InChI is InChI=1S/C20H27N5O9/c21-9-16(28)23-14(8-17(29)30)19(32)25-13(7-10-1-3-11(26)4-2-10)18(31)24-12(20(33)34)5-6-15(22)27/h1-4,12-14,26H,5-9,21H2,(H2,22,27)(H,23,28)(H,24,31)(H,25,32)(H,29,30)(H,33,34). The van der Waals surface area contributed by atoms with Crippen molar-refractivity contribution in [3.05, 3.63) is 29.8 Å². The van der Waals surface area contributed by atoms with Gasteiger partial charge >= 0.3 is 11.9 Å². The molecule has 0 fully saturated rings. The summed E-state index contributed by atoms with van der Waals surface area (Å²) in [5.41, 5.74) is 10.7. The number of hydrogen-bond donors (Lipinski definition) is 8. The molecule has 3 unspecified atom stereocenters. The van der Waals surface area contributed by atoms with Gasteiger partial charge in [0.05, 0.1) is 13.0 Å². The molecule has 1 aromatic carbocycles. The number of amides is 4. The first-order valence-electron chi connectivity index (χ1n) is 10.0. The Labute approximate surface area is 193 Å². The molecule has 0 aromatic heterocycles. The first-order valence-corrected chi connectivity index (χ1v) is 10.0. The second-order valence-electron chi connectivity index (χ2n) is 7.26. The third kappa shape index (κ3) is 9.95. The molecule has 186 valence electrons. The van der Waals surface area contributed by atoms with Crippen LogP contribution in [0.5, 0.6) is 5.75 Å². The van der Waals surface area contributed by atoms with E-state index in [1.165, 1.54) is 24.3 Å². The van der Waals surface area contributed by atoms with Gasteiger partial charge in [-0.3, -0.25) is 24.0 Å². The van der Waals surface area contributed by atoms with E-state index in [0.29, 0.717) is 5.56 Å². The lowest BCUT2D eigenvalue weighted by molar-refractivity contribution is -0.143. The van der Waals surface area contributed by atoms with Gasteiger partial charge in [0.2, 0.25) is 23.6 Å². The summed E-state index contributed by atoms with van der Waals surface area (Å²) in [6, 6.07) is 1.10. The number of aliphatic carboxylic acids is 2. The van der Waals surface area contributed by atoms with Crippen LogP contribution in [-0.4, -0.2) is 75.6 Å². The summed E-state index contributed by atoms with van der Waals surface area (Å²) >= 11 is 0. The Morgan fingerprint density at radius 3 is 1.91 bits per heavy atom. The van der Waals surface area contributed by atoms with Gasteiger partial charge in [-0.1, -0.05) is 12.1 Å². The maximum absolute atomic E-state index is 12.9. The summed E-state index contributed by atoms with van der Waals surface area (Å²) < 4.78 is 0. The van der Waals surface area contributed by atoms with Crippen LogP contribution in [0.4, 0.5) is 0 Å². The van der Waals surface area contributed by atoms with Crippen molar-refractivity contribution in [2.75, 3.05) is 6.54 Å². The second kappa shape index (κ2) is 13.4. The van der Waals surface area contributed by atoms with E-state index >= 15 is 0 Å². The number of rotatable bonds is 14. The van der Waals surface area contributed by atoms with Crippen LogP contribution in [-0.2, 0) is 35.2 Å². The molecule has 34 heavy (non-hydrogen) atoms. The molecule has 14 nitrogen and oxygen atoms in total. The zero-order valence-electron chi connectivity index (χ0n) is 18.0. The van der Waals surface area contributed by atoms with Crippen molar-refractivity contribution in [3.8, 4) is 5.75 Å². The van der Waals surface area contributed by atoms with Gasteiger partial charge in [0.15, 0.2) is 0 Å². The van der Waals surface area contributed by atoms with E-state index < -0.39 is 66.7 Å². The number of carboxylic acids is 2. The third-order valence-corrected chi connectivity index (χ3v) is 4.52. The zero-order valence-corrected chi connectivity index (χ0v) is 18.0. The van der Waals surface area contributed by atoms with Crippen LogP contribution in [0.2, 0.25) is 0 Å². The van der Waals surface area contributed by atoms with Gasteiger partial charge in [-0.25, -0.2) is 4.79 Å². The summed E-state index contributed by atoms with van der Waals surface area (Å²) in [7, 11) is 0. The first kappa shape index (κ1) is 27.8. The van der Waals surface area contributed by atoms with Crippen molar-refractivity contribution in [2.45, 2.75) is 43.8 Å². The molecule has 10 N–H and O–H groups in total. The average Bonchev–Trinajstić information content (AvgIpc) is 2.76. The fraction of sp³-hybridized carbons (Fsp3) is 0.400. The number of carbonyl (C=O) groups excluding carboxylic acids is 4. The number of nitrogens with one attached hydrogen (secondary N) is 3. The molecule has 0 aliphatic carbocycles. The highest BCUT2D eigenvalue weighted by Crippen LogP contribution is 2.12. The van der Waals surface area contributed by atoms with Crippen molar-refractivity contribution in [1.29, 1.82) is 0 Å². The van der Waals surface area contributed by atoms with Crippen molar-refractivity contribution >= 4 is 35.6 Å². The number of aromatic hydroxyl groups is 1. The highest BCUT2D eigenvalue weighted by Gasteiger charge is 2.30. The van der Waals surface area contributed by atoms with Gasteiger partial charge in [-0.05, 0) is 24.1 Å². The highest BCUT2D eigenvalue weighted by atomic mass is 16.4. The van der Waals surface area contributed by atoms with Gasteiger partial charge in [0.1, 0.15) is 23.9 Å². The summed E-state index contributed by atoms with van der Waals surface area (Å²) in [4.78, 5) is 70.7. The van der Waals surface area contributed by atoms with E-state index in [9.17, 15) is 39.0 Å². The highest BCUT2D eigenvalue weighted by molar-refractivity contribution is 5.95. The molecule has 0 saturated heterocycles. The molecule has 0 aliphatic heterocycles. The van der Waals surface area contributed by atoms with Crippen LogP contribution in [0.15, 0.2) is 24.3 Å². The SMILES string of the molecule is NCC(=O)NC(CC(=O)O)C(=O)NC(Cc1ccc(O)cc1)C(=O)NC(CCC(N)=O)C(=O)O. The maximum atomic E-state index is 12.9. The molecule has 0 aliphatic rings. The van der Waals surface area contributed by atoms with Gasteiger partial charge < -0.3 is 42.7 Å². The number of primary amides is 1. The lowest BCUT2D eigenvalue weighted by atomic mass is 10.0. The Morgan fingerprint density at radius 2 is 1.41 bits per heavy atom. The van der Waals surface area contributed by atoms with Gasteiger partial charge in [-0.2, -0.15) is 0 Å². The Kier molecular flexibility index (Phi) is 10.9. The fourth-order valence-corrected chi connectivity index (χ4v) is 2.80.